The molecule has 1 unspecified atom stereocenters. The number of phenolic OH excluding ortho intramolecular Hbond substituents is 1. The lowest BCUT2D eigenvalue weighted by Crippen LogP contribution is -2.09. The second-order valence-corrected chi connectivity index (χ2v) is 8.97. The number of fused-ring (bicyclic) bond motifs is 1. The van der Waals surface area contributed by atoms with E-state index in [-0.39, 0.29) is 16.9 Å². The van der Waals surface area contributed by atoms with Gasteiger partial charge in [-0.25, -0.2) is 8.78 Å². The summed E-state index contributed by atoms with van der Waals surface area (Å²) in [6.07, 6.45) is -3.34. The molecule has 0 saturated carbocycles. The molecule has 3 aromatic carbocycles. The zero-order valence-electron chi connectivity index (χ0n) is 20.0. The molecule has 188 valence electrons. The number of benzene rings is 3. The van der Waals surface area contributed by atoms with Gasteiger partial charge in [-0.3, -0.25) is 4.98 Å². The molecule has 1 atom stereocenters. The van der Waals surface area contributed by atoms with Crippen LogP contribution in [-0.4, -0.2) is 10.1 Å². The summed E-state index contributed by atoms with van der Waals surface area (Å²) in [4.78, 5) is 4.72. The Balaban J connectivity index is 2.01. The summed E-state index contributed by atoms with van der Waals surface area (Å²) in [6, 6.07) is 12.8. The fourth-order valence-corrected chi connectivity index (χ4v) is 4.51. The lowest BCUT2D eigenvalue weighted by atomic mass is 9.87. The Morgan fingerprint density at radius 1 is 0.944 bits per heavy atom. The second kappa shape index (κ2) is 10.2. The summed E-state index contributed by atoms with van der Waals surface area (Å²) in [7, 11) is 0. The van der Waals surface area contributed by atoms with Crippen LogP contribution in [0.1, 0.15) is 60.3 Å². The van der Waals surface area contributed by atoms with E-state index in [1.165, 1.54) is 24.3 Å². The number of hydrogen-bond acceptors (Lipinski definition) is 2. The van der Waals surface area contributed by atoms with E-state index in [4.69, 9.17) is 4.98 Å². The number of hydrogen-bond donors (Lipinski definition) is 1. The number of aromatic hydroxyl groups is 1. The van der Waals surface area contributed by atoms with Crippen molar-refractivity contribution in [1.29, 1.82) is 0 Å². The molecule has 0 aliphatic rings. The molecule has 0 aliphatic carbocycles. The van der Waals surface area contributed by atoms with Crippen LogP contribution in [0.25, 0.3) is 22.0 Å². The van der Waals surface area contributed by atoms with Gasteiger partial charge in [-0.1, -0.05) is 44.0 Å². The second-order valence-electron chi connectivity index (χ2n) is 8.97. The molecule has 0 aliphatic heterocycles. The monoisotopic (exact) mass is 499 g/mol. The molecule has 2 nitrogen and oxygen atoms in total. The van der Waals surface area contributed by atoms with Crippen LogP contribution in [0.5, 0.6) is 5.75 Å². The van der Waals surface area contributed by atoms with E-state index in [9.17, 15) is 22.7 Å². The highest BCUT2D eigenvalue weighted by Crippen LogP contribution is 2.44. The van der Waals surface area contributed by atoms with Gasteiger partial charge in [0, 0.05) is 16.8 Å². The predicted octanol–water partition coefficient (Wildman–Crippen LogP) is 8.87. The summed E-state index contributed by atoms with van der Waals surface area (Å²) >= 11 is 0. The van der Waals surface area contributed by atoms with Gasteiger partial charge in [0.2, 0.25) is 0 Å². The Bertz CT molecular complexity index is 1360. The van der Waals surface area contributed by atoms with Gasteiger partial charge in [-0.15, -0.1) is 0 Å². The molecule has 0 amide bonds. The fraction of sp³-hybridized carbons (Fsp3) is 0.276. The molecule has 4 aromatic rings. The first kappa shape index (κ1) is 25.6. The van der Waals surface area contributed by atoms with Crippen molar-refractivity contribution in [2.45, 2.75) is 51.9 Å². The summed E-state index contributed by atoms with van der Waals surface area (Å²) in [5.41, 5.74) is 1.88. The molecular formula is C29H26F5NO. The molecule has 7 heteroatoms. The maximum atomic E-state index is 16.4. The first-order chi connectivity index (χ1) is 17.1. The summed E-state index contributed by atoms with van der Waals surface area (Å²) in [5.74, 6) is -0.570. The average Bonchev–Trinajstić information content (AvgIpc) is 2.83. The molecule has 4 rings (SSSR count). The molecular weight excluding hydrogens is 473 g/mol. The van der Waals surface area contributed by atoms with E-state index in [2.05, 4.69) is 0 Å². The first-order valence-electron chi connectivity index (χ1n) is 11.8. The van der Waals surface area contributed by atoms with Crippen LogP contribution >= 0.6 is 0 Å². The number of aryl methyl sites for hydroxylation is 2. The van der Waals surface area contributed by atoms with Gasteiger partial charge >= 0.3 is 6.18 Å². The van der Waals surface area contributed by atoms with Crippen molar-refractivity contribution < 1.29 is 27.1 Å². The molecule has 0 radical (unpaired) electrons. The number of phenols is 1. The highest BCUT2D eigenvalue weighted by atomic mass is 19.4. The Kier molecular flexibility index (Phi) is 7.29. The highest BCUT2D eigenvalue weighted by molar-refractivity contribution is 6.01. The van der Waals surface area contributed by atoms with Crippen LogP contribution in [0.15, 0.2) is 60.7 Å². The third-order valence-corrected chi connectivity index (χ3v) is 6.26. The van der Waals surface area contributed by atoms with E-state index in [1.54, 1.807) is 12.1 Å². The third kappa shape index (κ3) is 5.20. The zero-order chi connectivity index (χ0) is 26.0. The molecule has 1 N–H and O–H groups in total. The first-order valence-corrected chi connectivity index (χ1v) is 11.8. The van der Waals surface area contributed by atoms with Crippen LogP contribution in [0.3, 0.4) is 0 Å². The molecule has 1 heterocycles. The van der Waals surface area contributed by atoms with E-state index >= 15 is 4.39 Å². The van der Waals surface area contributed by atoms with E-state index in [0.717, 1.165) is 49.1 Å². The minimum absolute atomic E-state index is 0.0378. The van der Waals surface area contributed by atoms with Crippen molar-refractivity contribution in [1.82, 2.24) is 4.98 Å². The van der Waals surface area contributed by atoms with Crippen molar-refractivity contribution in [3.05, 3.63) is 94.4 Å². The van der Waals surface area contributed by atoms with Gasteiger partial charge in [0.15, 0.2) is 6.17 Å². The summed E-state index contributed by atoms with van der Waals surface area (Å²) in [6.45, 7) is 3.85. The minimum Gasteiger partial charge on any atom is -0.507 e. The van der Waals surface area contributed by atoms with Crippen molar-refractivity contribution in [3.8, 4) is 16.9 Å². The van der Waals surface area contributed by atoms with Crippen LogP contribution in [0, 0.1) is 12.7 Å². The lowest BCUT2D eigenvalue weighted by molar-refractivity contribution is -0.137. The van der Waals surface area contributed by atoms with E-state index in [1.807, 2.05) is 13.8 Å². The molecule has 0 bridgehead atoms. The van der Waals surface area contributed by atoms with Gasteiger partial charge in [-0.2, -0.15) is 13.2 Å². The Morgan fingerprint density at radius 3 is 2.22 bits per heavy atom. The maximum absolute atomic E-state index is 16.4. The topological polar surface area (TPSA) is 33.1 Å². The van der Waals surface area contributed by atoms with Crippen LogP contribution < -0.4 is 0 Å². The molecule has 0 spiro atoms. The van der Waals surface area contributed by atoms with E-state index < -0.39 is 23.7 Å². The highest BCUT2D eigenvalue weighted by Gasteiger charge is 2.31. The normalized spacial score (nSPS) is 12.8. The Labute approximate surface area is 206 Å². The van der Waals surface area contributed by atoms with Gasteiger partial charge in [0.25, 0.3) is 0 Å². The van der Waals surface area contributed by atoms with Crippen molar-refractivity contribution in [2.24, 2.45) is 0 Å². The quantitative estimate of drug-likeness (QED) is 0.203. The number of halogens is 5. The molecule has 36 heavy (non-hydrogen) atoms. The number of aromatic nitrogens is 1. The molecule has 0 saturated heterocycles. The van der Waals surface area contributed by atoms with Crippen LogP contribution in [0.2, 0.25) is 0 Å². The van der Waals surface area contributed by atoms with Crippen molar-refractivity contribution in [3.63, 3.8) is 0 Å². The zero-order valence-corrected chi connectivity index (χ0v) is 20.0. The van der Waals surface area contributed by atoms with Crippen LogP contribution in [-0.2, 0) is 12.6 Å². The largest absolute Gasteiger partial charge is 0.507 e. The predicted molar refractivity (Wildman–Crippen MR) is 131 cm³/mol. The summed E-state index contributed by atoms with van der Waals surface area (Å²) < 4.78 is 69.4. The van der Waals surface area contributed by atoms with Crippen molar-refractivity contribution in [2.75, 3.05) is 0 Å². The van der Waals surface area contributed by atoms with Gasteiger partial charge in [-0.05, 0) is 72.9 Å². The Morgan fingerprint density at radius 2 is 1.61 bits per heavy atom. The minimum atomic E-state index is -4.54. The number of unbranched alkanes of at least 4 members (excludes halogenated alkanes) is 2. The fourth-order valence-electron chi connectivity index (χ4n) is 4.51. The third-order valence-electron chi connectivity index (χ3n) is 6.26. The van der Waals surface area contributed by atoms with Gasteiger partial charge in [0.05, 0.1) is 16.5 Å². The number of nitrogens with zero attached hydrogens (tertiary/aromatic N) is 1. The lowest BCUT2D eigenvalue weighted by Gasteiger charge is -2.22. The Hall–Kier alpha value is -3.48. The molecule has 1 aromatic heterocycles. The van der Waals surface area contributed by atoms with Crippen LogP contribution in [0.4, 0.5) is 22.0 Å². The van der Waals surface area contributed by atoms with Gasteiger partial charge < -0.3 is 5.11 Å². The average molecular weight is 500 g/mol. The number of rotatable bonds is 7. The van der Waals surface area contributed by atoms with Crippen molar-refractivity contribution >= 4 is 10.9 Å². The van der Waals surface area contributed by atoms with Gasteiger partial charge in [0.1, 0.15) is 11.6 Å². The standard InChI is InChI=1S/C29H26F5NO/c1-3-4-5-6-22-27(28(31)19-7-11-20(12-8-19)29(32,33)34)25(18-9-13-21(30)14-10-18)26-23(35-22)15-17(2)16-24(26)36/h7-16,28,36H,3-6H2,1-2H3. The SMILES string of the molecule is CCCCCc1nc2cc(C)cc(O)c2c(-c2ccc(F)cc2)c1C(F)c1ccc(C(F)(F)F)cc1. The number of pyridine rings is 1. The maximum Gasteiger partial charge on any atom is 0.416 e. The number of alkyl halides is 4. The smallest absolute Gasteiger partial charge is 0.416 e. The molecule has 0 fully saturated rings. The van der Waals surface area contributed by atoms with E-state index in [0.29, 0.717) is 34.1 Å². The summed E-state index contributed by atoms with van der Waals surface area (Å²) in [5, 5.41) is 11.2.